The van der Waals surface area contributed by atoms with Gasteiger partial charge in [0.1, 0.15) is 18.1 Å². The minimum Gasteiger partial charge on any atom is -0.234 e. The van der Waals surface area contributed by atoms with E-state index >= 15 is 0 Å². The van der Waals surface area contributed by atoms with Crippen molar-refractivity contribution in [3.63, 3.8) is 0 Å². The first-order valence-corrected chi connectivity index (χ1v) is 8.52. The van der Waals surface area contributed by atoms with Crippen molar-refractivity contribution in [1.82, 2.24) is 4.57 Å². The summed E-state index contributed by atoms with van der Waals surface area (Å²) in [6.07, 6.45) is 13.5. The lowest BCUT2D eigenvalue weighted by Crippen LogP contribution is -2.36. The van der Waals surface area contributed by atoms with Crippen molar-refractivity contribution in [1.29, 1.82) is 0 Å². The second-order valence-electron chi connectivity index (χ2n) is 5.78. The second kappa shape index (κ2) is 8.66. The maximum absolute atomic E-state index is 2.42. The first kappa shape index (κ1) is 15.8. The summed E-state index contributed by atoms with van der Waals surface area (Å²) in [7, 11) is 0. The zero-order valence-corrected chi connectivity index (χ0v) is 13.6. The van der Waals surface area contributed by atoms with Crippen LogP contribution in [0.2, 0.25) is 0 Å². The number of rotatable bonds is 9. The number of nitrogens with zero attached hydrogens (tertiary/aromatic N) is 2. The van der Waals surface area contributed by atoms with Crippen LogP contribution in [0, 0.1) is 0 Å². The predicted octanol–water partition coefficient (Wildman–Crippen LogP) is 4.69. The third-order valence-electron chi connectivity index (χ3n) is 4.01. The molecule has 21 heavy (non-hydrogen) atoms. The van der Waals surface area contributed by atoms with Gasteiger partial charge in [-0.2, -0.15) is 4.57 Å². The largest absolute Gasteiger partial charge is 0.261 e. The van der Waals surface area contributed by atoms with Gasteiger partial charge in [0, 0.05) is 6.42 Å². The molecule has 2 aromatic rings. The van der Waals surface area contributed by atoms with E-state index in [1.165, 1.54) is 56.5 Å². The van der Waals surface area contributed by atoms with E-state index in [4.69, 9.17) is 0 Å². The molecule has 0 aliphatic rings. The summed E-state index contributed by atoms with van der Waals surface area (Å²) >= 11 is 0. The number of aromatic nitrogens is 2. The zero-order valence-electron chi connectivity index (χ0n) is 13.6. The average Bonchev–Trinajstić information content (AvgIpc) is 2.91. The molecule has 0 aliphatic carbocycles. The first-order valence-electron chi connectivity index (χ1n) is 8.52. The molecule has 0 bridgehead atoms. The third kappa shape index (κ3) is 4.45. The van der Waals surface area contributed by atoms with Crippen molar-refractivity contribution in [3.05, 3.63) is 48.5 Å². The van der Waals surface area contributed by atoms with E-state index in [-0.39, 0.29) is 0 Å². The quantitative estimate of drug-likeness (QED) is 0.467. The topological polar surface area (TPSA) is 8.81 Å². The molecule has 2 heteroatoms. The Morgan fingerprint density at radius 1 is 0.905 bits per heavy atom. The Labute approximate surface area is 129 Å². The van der Waals surface area contributed by atoms with Gasteiger partial charge in [-0.3, -0.25) is 0 Å². The summed E-state index contributed by atoms with van der Waals surface area (Å²) in [5, 5.41) is 0. The molecule has 0 N–H and O–H groups in total. The highest BCUT2D eigenvalue weighted by Crippen LogP contribution is 2.13. The second-order valence-corrected chi connectivity index (χ2v) is 5.78. The van der Waals surface area contributed by atoms with Crippen LogP contribution in [0.25, 0.3) is 5.69 Å². The number of unbranched alkanes of at least 4 members (excludes halogenated alkanes) is 4. The summed E-state index contributed by atoms with van der Waals surface area (Å²) in [6, 6.07) is 10.7. The van der Waals surface area contributed by atoms with Gasteiger partial charge < -0.3 is 0 Å². The highest BCUT2D eigenvalue weighted by Gasteiger charge is 2.17. The molecule has 1 aromatic carbocycles. The number of hydrogen-bond donors (Lipinski definition) is 0. The molecular weight excluding hydrogens is 256 g/mol. The molecule has 0 aliphatic heterocycles. The molecule has 0 atom stereocenters. The smallest absolute Gasteiger partial charge is 0.234 e. The van der Waals surface area contributed by atoms with Gasteiger partial charge >= 0.3 is 0 Å². The summed E-state index contributed by atoms with van der Waals surface area (Å²) in [5.74, 6) is 1.44. The molecule has 0 saturated carbocycles. The molecule has 1 aromatic heterocycles. The van der Waals surface area contributed by atoms with Crippen LogP contribution in [0.5, 0.6) is 0 Å². The van der Waals surface area contributed by atoms with Crippen molar-refractivity contribution in [3.8, 4) is 5.69 Å². The molecule has 0 unspecified atom stereocenters. The van der Waals surface area contributed by atoms with Crippen LogP contribution >= 0.6 is 0 Å². The maximum atomic E-state index is 2.42. The Kier molecular flexibility index (Phi) is 6.52. The van der Waals surface area contributed by atoms with Crippen LogP contribution in [0.15, 0.2) is 42.7 Å². The zero-order chi connectivity index (χ0) is 14.9. The summed E-state index contributed by atoms with van der Waals surface area (Å²) < 4.78 is 4.78. The fraction of sp³-hybridized carbons (Fsp3) is 0.526. The minimum absolute atomic E-state index is 1.12. The molecule has 0 saturated heterocycles. The summed E-state index contributed by atoms with van der Waals surface area (Å²) in [6.45, 7) is 5.64. The highest BCUT2D eigenvalue weighted by molar-refractivity contribution is 5.31. The van der Waals surface area contributed by atoms with Crippen LogP contribution < -0.4 is 4.57 Å². The van der Waals surface area contributed by atoms with E-state index in [0.29, 0.717) is 0 Å². The van der Waals surface area contributed by atoms with Crippen molar-refractivity contribution < 1.29 is 4.57 Å². The molecular formula is C19H29N2+. The summed E-state index contributed by atoms with van der Waals surface area (Å²) in [5.41, 5.74) is 1.27. The SMILES string of the molecule is CCCCCCCc1n(-c2ccccc2)cc[n+]1CCC. The average molecular weight is 285 g/mol. The van der Waals surface area contributed by atoms with Gasteiger partial charge in [0.25, 0.3) is 5.82 Å². The number of imidazole rings is 1. The van der Waals surface area contributed by atoms with Gasteiger partial charge in [-0.05, 0) is 25.0 Å². The minimum atomic E-state index is 1.12. The molecule has 0 amide bonds. The first-order chi connectivity index (χ1) is 10.4. The van der Waals surface area contributed by atoms with Gasteiger partial charge in [0.05, 0.1) is 6.54 Å². The summed E-state index contributed by atoms with van der Waals surface area (Å²) in [4.78, 5) is 0. The van der Waals surface area contributed by atoms with Crippen molar-refractivity contribution in [2.24, 2.45) is 0 Å². The molecule has 0 spiro atoms. The van der Waals surface area contributed by atoms with Crippen molar-refractivity contribution in [2.75, 3.05) is 0 Å². The van der Waals surface area contributed by atoms with E-state index in [1.54, 1.807) is 0 Å². The van der Waals surface area contributed by atoms with Crippen LogP contribution in [0.3, 0.4) is 0 Å². The molecule has 2 nitrogen and oxygen atoms in total. The Balaban J connectivity index is 2.10. The van der Waals surface area contributed by atoms with Crippen molar-refractivity contribution in [2.45, 2.75) is 65.3 Å². The van der Waals surface area contributed by atoms with E-state index in [0.717, 1.165) is 6.54 Å². The molecule has 1 heterocycles. The monoisotopic (exact) mass is 285 g/mol. The Morgan fingerprint density at radius 2 is 1.67 bits per heavy atom. The fourth-order valence-electron chi connectivity index (χ4n) is 2.88. The Hall–Kier alpha value is -1.57. The Bertz CT molecular complexity index is 514. The van der Waals surface area contributed by atoms with Crippen LogP contribution in [0.4, 0.5) is 0 Å². The lowest BCUT2D eigenvalue weighted by Gasteiger charge is -2.05. The van der Waals surface area contributed by atoms with Gasteiger partial charge in [0.2, 0.25) is 0 Å². The van der Waals surface area contributed by atoms with Gasteiger partial charge in [-0.25, -0.2) is 4.57 Å². The molecule has 114 valence electrons. The maximum Gasteiger partial charge on any atom is 0.261 e. The molecule has 2 rings (SSSR count). The van der Waals surface area contributed by atoms with E-state index in [9.17, 15) is 0 Å². The highest BCUT2D eigenvalue weighted by atomic mass is 15.1. The lowest BCUT2D eigenvalue weighted by molar-refractivity contribution is -0.703. The van der Waals surface area contributed by atoms with E-state index < -0.39 is 0 Å². The predicted molar refractivity (Wildman–Crippen MR) is 88.7 cm³/mol. The Morgan fingerprint density at radius 3 is 2.38 bits per heavy atom. The third-order valence-corrected chi connectivity index (χ3v) is 4.01. The molecule has 0 fully saturated rings. The van der Waals surface area contributed by atoms with Gasteiger partial charge in [0.15, 0.2) is 0 Å². The van der Waals surface area contributed by atoms with Gasteiger partial charge in [-0.1, -0.05) is 57.7 Å². The lowest BCUT2D eigenvalue weighted by atomic mass is 10.1. The fourth-order valence-corrected chi connectivity index (χ4v) is 2.88. The molecule has 0 radical (unpaired) electrons. The standard InChI is InChI=1S/C19H29N2/c1-3-5-6-7-11-14-19-20(15-4-2)16-17-21(19)18-12-9-8-10-13-18/h8-10,12-13,16-17H,3-7,11,14-15H2,1-2H3/q+1. The normalized spacial score (nSPS) is 11.0. The van der Waals surface area contributed by atoms with Crippen LogP contribution in [-0.4, -0.2) is 4.57 Å². The van der Waals surface area contributed by atoms with Crippen LogP contribution in [0.1, 0.15) is 58.2 Å². The van der Waals surface area contributed by atoms with E-state index in [1.807, 2.05) is 0 Å². The number of para-hydroxylation sites is 1. The van der Waals surface area contributed by atoms with Crippen molar-refractivity contribution >= 4 is 0 Å². The van der Waals surface area contributed by atoms with Crippen LogP contribution in [-0.2, 0) is 13.0 Å². The van der Waals surface area contributed by atoms with Gasteiger partial charge in [-0.15, -0.1) is 0 Å². The van der Waals surface area contributed by atoms with E-state index in [2.05, 4.69) is 65.7 Å². The number of aryl methyl sites for hydroxylation is 1. The number of benzene rings is 1. The number of hydrogen-bond acceptors (Lipinski definition) is 0.